The van der Waals surface area contributed by atoms with E-state index in [0.29, 0.717) is 5.92 Å². The van der Waals surface area contributed by atoms with Gasteiger partial charge in [0, 0.05) is 6.54 Å². The molecule has 3 unspecified atom stereocenters. The van der Waals surface area contributed by atoms with E-state index < -0.39 is 0 Å². The lowest BCUT2D eigenvalue weighted by molar-refractivity contribution is 0.155. The first-order chi connectivity index (χ1) is 9.24. The van der Waals surface area contributed by atoms with Crippen LogP contribution in [0.1, 0.15) is 51.9 Å². The van der Waals surface area contributed by atoms with Gasteiger partial charge in [-0.05, 0) is 64.1 Å². The molecule has 2 aliphatic rings. The lowest BCUT2D eigenvalue weighted by atomic mass is 9.85. The maximum absolute atomic E-state index is 9.48. The van der Waals surface area contributed by atoms with Crippen LogP contribution in [0.15, 0.2) is 0 Å². The van der Waals surface area contributed by atoms with Gasteiger partial charge in [-0.1, -0.05) is 19.8 Å². The molecule has 1 N–H and O–H groups in total. The SMILES string of the molecule is CCC1CCCN(CCC2CCCC2(C#N)NC)C1. The number of nitriles is 1. The number of rotatable bonds is 5. The largest absolute Gasteiger partial charge is 0.303 e. The average molecular weight is 263 g/mol. The van der Waals surface area contributed by atoms with Crippen LogP contribution in [-0.2, 0) is 0 Å². The molecule has 0 aromatic rings. The highest BCUT2D eigenvalue weighted by atomic mass is 15.1. The first-order valence-electron chi connectivity index (χ1n) is 8.06. The van der Waals surface area contributed by atoms with Gasteiger partial charge in [-0.2, -0.15) is 5.26 Å². The molecule has 2 fully saturated rings. The molecule has 1 aliphatic carbocycles. The second kappa shape index (κ2) is 6.72. The third-order valence-electron chi connectivity index (χ3n) is 5.44. The fourth-order valence-corrected chi connectivity index (χ4v) is 4.03. The van der Waals surface area contributed by atoms with Crippen LogP contribution >= 0.6 is 0 Å². The van der Waals surface area contributed by atoms with Crippen LogP contribution in [-0.4, -0.2) is 37.1 Å². The molecule has 0 bridgehead atoms. The molecule has 1 saturated carbocycles. The molecule has 3 nitrogen and oxygen atoms in total. The standard InChI is InChI=1S/C16H29N3/c1-3-14-6-5-10-19(12-14)11-8-15-7-4-9-16(15,13-17)18-2/h14-15,18H,3-12H2,1-2H3. The normalized spacial score (nSPS) is 36.3. The molecule has 1 aliphatic heterocycles. The van der Waals surface area contributed by atoms with Crippen molar-refractivity contribution in [3.05, 3.63) is 0 Å². The highest BCUT2D eigenvalue weighted by Gasteiger charge is 2.41. The summed E-state index contributed by atoms with van der Waals surface area (Å²) in [5.41, 5.74) is -0.236. The second-order valence-electron chi connectivity index (χ2n) is 6.43. The van der Waals surface area contributed by atoms with Gasteiger partial charge >= 0.3 is 0 Å². The van der Waals surface area contributed by atoms with E-state index in [1.807, 2.05) is 7.05 Å². The van der Waals surface area contributed by atoms with Gasteiger partial charge in [0.2, 0.25) is 0 Å². The molecule has 108 valence electrons. The number of hydrogen-bond donors (Lipinski definition) is 1. The fourth-order valence-electron chi connectivity index (χ4n) is 4.03. The van der Waals surface area contributed by atoms with Crippen molar-refractivity contribution in [2.24, 2.45) is 11.8 Å². The lowest BCUT2D eigenvalue weighted by Crippen LogP contribution is -2.46. The first-order valence-corrected chi connectivity index (χ1v) is 8.06. The van der Waals surface area contributed by atoms with E-state index in [1.54, 1.807) is 0 Å². The van der Waals surface area contributed by atoms with Crippen LogP contribution in [0.25, 0.3) is 0 Å². The molecule has 2 rings (SSSR count). The maximum atomic E-state index is 9.48. The molecule has 0 spiro atoms. The van der Waals surface area contributed by atoms with Crippen molar-refractivity contribution in [3.8, 4) is 6.07 Å². The Morgan fingerprint density at radius 1 is 1.37 bits per heavy atom. The minimum absolute atomic E-state index is 0.236. The first kappa shape index (κ1) is 14.8. The number of nitrogens with zero attached hydrogens (tertiary/aromatic N) is 2. The summed E-state index contributed by atoms with van der Waals surface area (Å²) >= 11 is 0. The van der Waals surface area contributed by atoms with Crippen molar-refractivity contribution in [1.82, 2.24) is 10.2 Å². The summed E-state index contributed by atoms with van der Waals surface area (Å²) in [6, 6.07) is 2.56. The predicted molar refractivity (Wildman–Crippen MR) is 78.8 cm³/mol. The van der Waals surface area contributed by atoms with Crippen molar-refractivity contribution < 1.29 is 0 Å². The third kappa shape index (κ3) is 3.30. The zero-order valence-corrected chi connectivity index (χ0v) is 12.6. The van der Waals surface area contributed by atoms with Gasteiger partial charge in [-0.15, -0.1) is 0 Å². The molecule has 0 amide bonds. The monoisotopic (exact) mass is 263 g/mol. The molecule has 0 aromatic carbocycles. The van der Waals surface area contributed by atoms with Crippen molar-refractivity contribution >= 4 is 0 Å². The van der Waals surface area contributed by atoms with Crippen LogP contribution < -0.4 is 5.32 Å². The topological polar surface area (TPSA) is 39.1 Å². The Morgan fingerprint density at radius 3 is 2.89 bits per heavy atom. The van der Waals surface area contributed by atoms with E-state index in [2.05, 4.69) is 23.2 Å². The van der Waals surface area contributed by atoms with Gasteiger partial charge < -0.3 is 10.2 Å². The van der Waals surface area contributed by atoms with E-state index in [1.165, 1.54) is 58.2 Å². The molecule has 3 atom stereocenters. The summed E-state index contributed by atoms with van der Waals surface area (Å²) in [6.07, 6.45) is 8.73. The van der Waals surface area contributed by atoms with Crippen molar-refractivity contribution in [1.29, 1.82) is 5.26 Å². The van der Waals surface area contributed by atoms with Crippen LogP contribution in [0.5, 0.6) is 0 Å². The highest BCUT2D eigenvalue weighted by Crippen LogP contribution is 2.37. The summed E-state index contributed by atoms with van der Waals surface area (Å²) in [7, 11) is 1.95. The Balaban J connectivity index is 1.83. The van der Waals surface area contributed by atoms with E-state index in [0.717, 1.165) is 12.3 Å². The van der Waals surface area contributed by atoms with Gasteiger partial charge in [-0.25, -0.2) is 0 Å². The molecule has 0 radical (unpaired) electrons. The van der Waals surface area contributed by atoms with Gasteiger partial charge in [0.05, 0.1) is 6.07 Å². The molecule has 19 heavy (non-hydrogen) atoms. The molecule has 1 heterocycles. The van der Waals surface area contributed by atoms with E-state index in [9.17, 15) is 5.26 Å². The zero-order chi connectivity index (χ0) is 13.7. The van der Waals surface area contributed by atoms with Crippen LogP contribution in [0.3, 0.4) is 0 Å². The van der Waals surface area contributed by atoms with Gasteiger partial charge in [0.25, 0.3) is 0 Å². The van der Waals surface area contributed by atoms with Crippen molar-refractivity contribution in [3.63, 3.8) is 0 Å². The third-order valence-corrected chi connectivity index (χ3v) is 5.44. The summed E-state index contributed by atoms with van der Waals surface area (Å²) in [5.74, 6) is 1.45. The lowest BCUT2D eigenvalue weighted by Gasteiger charge is -2.35. The number of nitrogens with one attached hydrogen (secondary N) is 1. The number of likely N-dealkylation sites (tertiary alicyclic amines) is 1. The summed E-state index contributed by atoms with van der Waals surface area (Å²) in [5, 5.41) is 12.8. The van der Waals surface area contributed by atoms with Crippen molar-refractivity contribution in [2.45, 2.75) is 57.4 Å². The quantitative estimate of drug-likeness (QED) is 0.829. The summed E-state index contributed by atoms with van der Waals surface area (Å²) in [4.78, 5) is 2.63. The molecular formula is C16H29N3. The highest BCUT2D eigenvalue weighted by molar-refractivity contribution is 5.13. The summed E-state index contributed by atoms with van der Waals surface area (Å²) < 4.78 is 0. The van der Waals surface area contributed by atoms with Crippen LogP contribution in [0, 0.1) is 23.2 Å². The van der Waals surface area contributed by atoms with E-state index in [4.69, 9.17) is 0 Å². The average Bonchev–Trinajstić information content (AvgIpc) is 2.88. The van der Waals surface area contributed by atoms with Crippen LogP contribution in [0.2, 0.25) is 0 Å². The maximum Gasteiger partial charge on any atom is 0.109 e. The Kier molecular flexibility index (Phi) is 5.24. The Labute approximate surface area is 118 Å². The summed E-state index contributed by atoms with van der Waals surface area (Å²) in [6.45, 7) is 6.05. The van der Waals surface area contributed by atoms with E-state index in [-0.39, 0.29) is 5.54 Å². The van der Waals surface area contributed by atoms with Crippen LogP contribution in [0.4, 0.5) is 0 Å². The zero-order valence-electron chi connectivity index (χ0n) is 12.6. The van der Waals surface area contributed by atoms with E-state index >= 15 is 0 Å². The second-order valence-corrected chi connectivity index (χ2v) is 6.43. The minimum atomic E-state index is -0.236. The molecular weight excluding hydrogens is 234 g/mol. The van der Waals surface area contributed by atoms with Crippen molar-refractivity contribution in [2.75, 3.05) is 26.7 Å². The van der Waals surface area contributed by atoms with Gasteiger partial charge in [0.15, 0.2) is 0 Å². The predicted octanol–water partition coefficient (Wildman–Crippen LogP) is 2.78. The fraction of sp³-hybridized carbons (Fsp3) is 0.938. The number of piperidine rings is 1. The molecule has 3 heteroatoms. The minimum Gasteiger partial charge on any atom is -0.303 e. The smallest absolute Gasteiger partial charge is 0.109 e. The number of hydrogen-bond acceptors (Lipinski definition) is 3. The Bertz CT molecular complexity index is 322. The Hall–Kier alpha value is -0.590. The molecule has 0 aromatic heterocycles. The molecule has 1 saturated heterocycles. The Morgan fingerprint density at radius 2 is 2.21 bits per heavy atom. The van der Waals surface area contributed by atoms with Gasteiger partial charge in [-0.3, -0.25) is 0 Å². The van der Waals surface area contributed by atoms with Gasteiger partial charge in [0.1, 0.15) is 5.54 Å².